The summed E-state index contributed by atoms with van der Waals surface area (Å²) in [7, 11) is 0. The number of hydrogen-bond acceptors (Lipinski definition) is 5. The highest BCUT2D eigenvalue weighted by Gasteiger charge is 2.06. The summed E-state index contributed by atoms with van der Waals surface area (Å²) in [6.07, 6.45) is 3.49. The zero-order valence-electron chi connectivity index (χ0n) is 6.73. The van der Waals surface area contributed by atoms with Gasteiger partial charge in [0.1, 0.15) is 0 Å². The first-order chi connectivity index (χ1) is 6.25. The van der Waals surface area contributed by atoms with Gasteiger partial charge >= 0.3 is 0 Å². The van der Waals surface area contributed by atoms with E-state index in [4.69, 9.17) is 0 Å². The van der Waals surface area contributed by atoms with Crippen LogP contribution in [0.25, 0.3) is 11.6 Å². The lowest BCUT2D eigenvalue weighted by Crippen LogP contribution is -1.90. The Labute approximate surface area is 87.4 Å². The molecule has 6 heteroatoms. The van der Waals surface area contributed by atoms with Crippen LogP contribution < -0.4 is 0 Å². The van der Waals surface area contributed by atoms with Crippen molar-refractivity contribution < 1.29 is 0 Å². The number of rotatable bonds is 1. The fourth-order valence-corrected chi connectivity index (χ4v) is 1.60. The van der Waals surface area contributed by atoms with Crippen molar-refractivity contribution in [2.45, 2.75) is 6.92 Å². The highest BCUT2D eigenvalue weighted by Crippen LogP contribution is 2.17. The Morgan fingerprint density at radius 1 is 1.23 bits per heavy atom. The van der Waals surface area contributed by atoms with Crippen LogP contribution in [-0.2, 0) is 0 Å². The average Bonchev–Trinajstić information content (AvgIpc) is 2.53. The van der Waals surface area contributed by atoms with Crippen LogP contribution in [0.5, 0.6) is 0 Å². The summed E-state index contributed by atoms with van der Waals surface area (Å²) < 4.78 is 4.82. The summed E-state index contributed by atoms with van der Waals surface area (Å²) in [5.74, 6) is 1.13. The fourth-order valence-electron chi connectivity index (χ4n) is 0.804. The maximum atomic E-state index is 4.11. The van der Waals surface area contributed by atoms with Crippen molar-refractivity contribution in [3.05, 3.63) is 21.9 Å². The highest BCUT2D eigenvalue weighted by atomic mass is 79.9. The summed E-state index contributed by atoms with van der Waals surface area (Å²) in [5.41, 5.74) is 1.03. The predicted octanol–water partition coefficient (Wildman–Crippen LogP) is 2.07. The molecule has 0 saturated carbocycles. The molecule has 0 aliphatic rings. The molecule has 2 heterocycles. The molecule has 0 saturated heterocycles. The summed E-state index contributed by atoms with van der Waals surface area (Å²) in [6, 6.07) is 0. The van der Waals surface area contributed by atoms with E-state index in [2.05, 4.69) is 35.3 Å². The van der Waals surface area contributed by atoms with Crippen LogP contribution in [0.3, 0.4) is 0 Å². The van der Waals surface area contributed by atoms with Crippen molar-refractivity contribution in [2.75, 3.05) is 0 Å². The van der Waals surface area contributed by atoms with Gasteiger partial charge in [0, 0.05) is 12.4 Å². The van der Waals surface area contributed by atoms with Gasteiger partial charge in [0.05, 0.1) is 0 Å². The van der Waals surface area contributed by atoms with Gasteiger partial charge in [-0.15, -0.1) is 0 Å². The largest absolute Gasteiger partial charge is 0.233 e. The van der Waals surface area contributed by atoms with E-state index in [0.717, 1.165) is 9.48 Å². The van der Waals surface area contributed by atoms with Crippen LogP contribution in [-0.4, -0.2) is 19.3 Å². The molecule has 2 rings (SSSR count). The second-order valence-electron chi connectivity index (χ2n) is 2.45. The SMILES string of the molecule is Cc1cnc(-c2nsc(Br)n2)nc1. The number of hydrogen-bond donors (Lipinski definition) is 0. The van der Waals surface area contributed by atoms with Gasteiger partial charge in [-0.05, 0) is 39.9 Å². The Morgan fingerprint density at radius 3 is 2.46 bits per heavy atom. The van der Waals surface area contributed by atoms with Crippen LogP contribution in [0.2, 0.25) is 0 Å². The lowest BCUT2D eigenvalue weighted by Gasteiger charge is -1.92. The third-order valence-electron chi connectivity index (χ3n) is 1.38. The number of aromatic nitrogens is 4. The summed E-state index contributed by atoms with van der Waals surface area (Å²) in [4.78, 5) is 12.3. The Kier molecular flexibility index (Phi) is 2.32. The Morgan fingerprint density at radius 2 is 1.92 bits per heavy atom. The van der Waals surface area contributed by atoms with Crippen molar-refractivity contribution in [3.8, 4) is 11.6 Å². The van der Waals surface area contributed by atoms with E-state index in [-0.39, 0.29) is 0 Å². The zero-order chi connectivity index (χ0) is 9.26. The van der Waals surface area contributed by atoms with Gasteiger partial charge in [-0.1, -0.05) is 0 Å². The molecular weight excluding hydrogens is 252 g/mol. The number of aryl methyl sites for hydroxylation is 1. The highest BCUT2D eigenvalue weighted by molar-refractivity contribution is 9.11. The molecule has 0 aliphatic heterocycles. The minimum absolute atomic E-state index is 0.563. The van der Waals surface area contributed by atoms with E-state index in [1.54, 1.807) is 12.4 Å². The summed E-state index contributed by atoms with van der Waals surface area (Å²) >= 11 is 4.51. The lowest BCUT2D eigenvalue weighted by molar-refractivity contribution is 1.10. The van der Waals surface area contributed by atoms with Crippen molar-refractivity contribution >= 4 is 27.5 Å². The smallest absolute Gasteiger partial charge is 0.211 e. The van der Waals surface area contributed by atoms with Crippen LogP contribution in [0.1, 0.15) is 5.56 Å². The van der Waals surface area contributed by atoms with Crippen LogP contribution in [0.15, 0.2) is 16.3 Å². The van der Waals surface area contributed by atoms with E-state index in [1.807, 2.05) is 6.92 Å². The van der Waals surface area contributed by atoms with E-state index in [9.17, 15) is 0 Å². The quantitative estimate of drug-likeness (QED) is 0.784. The average molecular weight is 257 g/mol. The van der Waals surface area contributed by atoms with Crippen molar-refractivity contribution in [3.63, 3.8) is 0 Å². The number of halogens is 1. The molecule has 0 amide bonds. The Hall–Kier alpha value is -0.880. The lowest BCUT2D eigenvalue weighted by atomic mass is 10.4. The van der Waals surface area contributed by atoms with Crippen molar-refractivity contribution in [1.82, 2.24) is 19.3 Å². The molecule has 0 aliphatic carbocycles. The summed E-state index contributed by atoms with van der Waals surface area (Å²) in [6.45, 7) is 1.94. The molecule has 0 spiro atoms. The third-order valence-corrected chi connectivity index (χ3v) is 2.50. The first-order valence-corrected chi connectivity index (χ1v) is 5.10. The minimum atomic E-state index is 0.563. The van der Waals surface area contributed by atoms with Gasteiger partial charge in [0.15, 0.2) is 9.74 Å². The molecule has 66 valence electrons. The molecule has 0 bridgehead atoms. The minimum Gasteiger partial charge on any atom is -0.233 e. The molecule has 0 fully saturated rings. The molecule has 2 aromatic rings. The number of nitrogens with zero attached hydrogens (tertiary/aromatic N) is 4. The van der Waals surface area contributed by atoms with E-state index >= 15 is 0 Å². The van der Waals surface area contributed by atoms with Crippen LogP contribution >= 0.6 is 27.5 Å². The summed E-state index contributed by atoms with van der Waals surface area (Å²) in [5, 5.41) is 0. The van der Waals surface area contributed by atoms with E-state index in [0.29, 0.717) is 11.6 Å². The molecule has 0 radical (unpaired) electrons. The Bertz CT molecular complexity index is 411. The van der Waals surface area contributed by atoms with E-state index in [1.165, 1.54) is 11.5 Å². The maximum Gasteiger partial charge on any atom is 0.211 e. The Balaban J connectivity index is 2.41. The second kappa shape index (κ2) is 3.47. The molecule has 2 aromatic heterocycles. The molecule has 4 nitrogen and oxygen atoms in total. The van der Waals surface area contributed by atoms with Gasteiger partial charge in [0.2, 0.25) is 5.82 Å². The second-order valence-corrected chi connectivity index (χ2v) is 4.48. The fraction of sp³-hybridized carbons (Fsp3) is 0.143. The van der Waals surface area contributed by atoms with Gasteiger partial charge in [-0.3, -0.25) is 0 Å². The molecule has 0 aromatic carbocycles. The molecular formula is C7H5BrN4S. The van der Waals surface area contributed by atoms with Gasteiger partial charge in [0.25, 0.3) is 0 Å². The van der Waals surface area contributed by atoms with Crippen molar-refractivity contribution in [1.29, 1.82) is 0 Å². The third kappa shape index (κ3) is 1.89. The topological polar surface area (TPSA) is 51.6 Å². The first-order valence-electron chi connectivity index (χ1n) is 3.54. The molecule has 0 N–H and O–H groups in total. The van der Waals surface area contributed by atoms with Gasteiger partial charge in [-0.25, -0.2) is 15.0 Å². The van der Waals surface area contributed by atoms with Gasteiger partial charge in [-0.2, -0.15) is 4.37 Å². The molecule has 13 heavy (non-hydrogen) atoms. The predicted molar refractivity (Wildman–Crippen MR) is 53.4 cm³/mol. The van der Waals surface area contributed by atoms with E-state index < -0.39 is 0 Å². The van der Waals surface area contributed by atoms with Gasteiger partial charge < -0.3 is 0 Å². The standard InChI is InChI=1S/C7H5BrN4S/c1-4-2-9-5(10-3-4)6-11-7(8)13-12-6/h2-3H,1H3. The normalized spacial score (nSPS) is 10.3. The van der Waals surface area contributed by atoms with Crippen LogP contribution in [0.4, 0.5) is 0 Å². The molecule has 0 unspecified atom stereocenters. The monoisotopic (exact) mass is 256 g/mol. The maximum absolute atomic E-state index is 4.11. The zero-order valence-corrected chi connectivity index (χ0v) is 9.13. The first kappa shape index (κ1) is 8.71. The van der Waals surface area contributed by atoms with Crippen molar-refractivity contribution in [2.24, 2.45) is 0 Å². The molecule has 0 atom stereocenters. The van der Waals surface area contributed by atoms with Crippen LogP contribution in [0, 0.1) is 6.92 Å².